The number of halogens is 4. The van der Waals surface area contributed by atoms with Crippen molar-refractivity contribution in [2.75, 3.05) is 13.2 Å². The van der Waals surface area contributed by atoms with E-state index >= 15 is 4.39 Å². The zero-order valence-corrected chi connectivity index (χ0v) is 25.4. The molecule has 0 unspecified atom stereocenters. The molecule has 6 nitrogen and oxygen atoms in total. The van der Waals surface area contributed by atoms with Crippen LogP contribution < -0.4 is 0 Å². The fourth-order valence-electron chi connectivity index (χ4n) is 5.47. The number of rotatable bonds is 10. The molecule has 0 radical (unpaired) electrons. The van der Waals surface area contributed by atoms with Crippen LogP contribution in [0.25, 0.3) is 0 Å². The molecule has 2 heterocycles. The first kappa shape index (κ1) is 33.1. The molecule has 1 amide bonds. The lowest BCUT2D eigenvalue weighted by Gasteiger charge is -2.40. The SMILES string of the molecule is CC[C@@H]1CO[C@H](CCc2c(F)cncc2CC(=O)C[C@@H](c2ccc(F)cc2)c2cc(F)cc(F)c2)CN1C(=O)OC(C)(C)C. The fraction of sp³-hybridized carbons (Fsp3) is 0.441. The van der Waals surface area contributed by atoms with Crippen LogP contribution >= 0.6 is 0 Å². The molecular formula is C34H38F4N2O4. The number of pyridine rings is 1. The Balaban J connectivity index is 1.48. The summed E-state index contributed by atoms with van der Waals surface area (Å²) in [7, 11) is 0. The van der Waals surface area contributed by atoms with Crippen LogP contribution in [0.15, 0.2) is 54.9 Å². The Bertz CT molecular complexity index is 1440. The van der Waals surface area contributed by atoms with E-state index in [4.69, 9.17) is 9.47 Å². The lowest BCUT2D eigenvalue weighted by Crippen LogP contribution is -2.53. The predicted molar refractivity (Wildman–Crippen MR) is 157 cm³/mol. The molecule has 0 spiro atoms. The number of aromatic nitrogens is 1. The van der Waals surface area contributed by atoms with E-state index in [1.54, 1.807) is 25.7 Å². The Morgan fingerprint density at radius 3 is 2.32 bits per heavy atom. The summed E-state index contributed by atoms with van der Waals surface area (Å²) in [5, 5.41) is 0. The van der Waals surface area contributed by atoms with Crippen molar-refractivity contribution < 1.29 is 36.6 Å². The smallest absolute Gasteiger partial charge is 0.410 e. The molecule has 0 saturated carbocycles. The Hall–Kier alpha value is -3.79. The molecule has 3 atom stereocenters. The quantitative estimate of drug-likeness (QED) is 0.224. The summed E-state index contributed by atoms with van der Waals surface area (Å²) in [6.45, 7) is 7.99. The summed E-state index contributed by atoms with van der Waals surface area (Å²) in [4.78, 5) is 31.9. The van der Waals surface area contributed by atoms with Crippen molar-refractivity contribution in [1.29, 1.82) is 0 Å². The van der Waals surface area contributed by atoms with Gasteiger partial charge in [-0.05, 0) is 86.6 Å². The largest absolute Gasteiger partial charge is 0.444 e. The van der Waals surface area contributed by atoms with Crippen molar-refractivity contribution >= 4 is 11.9 Å². The van der Waals surface area contributed by atoms with Gasteiger partial charge in [0, 0.05) is 31.0 Å². The summed E-state index contributed by atoms with van der Waals surface area (Å²) >= 11 is 0. The molecule has 0 N–H and O–H groups in total. The van der Waals surface area contributed by atoms with Crippen molar-refractivity contribution in [3.05, 3.63) is 100 Å². The van der Waals surface area contributed by atoms with E-state index in [9.17, 15) is 22.8 Å². The Morgan fingerprint density at radius 2 is 1.68 bits per heavy atom. The minimum Gasteiger partial charge on any atom is -0.444 e. The molecule has 1 aromatic heterocycles. The number of carbonyl (C=O) groups is 2. The normalized spacial score (nSPS) is 17.8. The Labute approximate surface area is 255 Å². The van der Waals surface area contributed by atoms with Gasteiger partial charge in [0.15, 0.2) is 0 Å². The summed E-state index contributed by atoms with van der Waals surface area (Å²) in [5.41, 5.74) is 0.799. The Morgan fingerprint density at radius 1 is 1.00 bits per heavy atom. The number of morpholine rings is 1. The molecule has 0 bridgehead atoms. The minimum absolute atomic E-state index is 0.132. The number of ether oxygens (including phenoxy) is 2. The lowest BCUT2D eigenvalue weighted by molar-refractivity contribution is -0.118. The highest BCUT2D eigenvalue weighted by atomic mass is 19.1. The molecular weight excluding hydrogens is 576 g/mol. The monoisotopic (exact) mass is 614 g/mol. The molecule has 1 fully saturated rings. The second-order valence-corrected chi connectivity index (χ2v) is 12.2. The highest BCUT2D eigenvalue weighted by Crippen LogP contribution is 2.31. The number of ketones is 1. The number of amides is 1. The van der Waals surface area contributed by atoms with Crippen molar-refractivity contribution in [2.45, 2.75) is 83.5 Å². The van der Waals surface area contributed by atoms with Crippen molar-refractivity contribution in [3.63, 3.8) is 0 Å². The van der Waals surface area contributed by atoms with Crippen LogP contribution in [0.1, 0.15) is 75.1 Å². The molecule has 3 aromatic rings. The van der Waals surface area contributed by atoms with E-state index in [1.807, 2.05) is 6.92 Å². The van der Waals surface area contributed by atoms with Gasteiger partial charge in [-0.3, -0.25) is 9.78 Å². The van der Waals surface area contributed by atoms with Gasteiger partial charge in [0.05, 0.1) is 31.5 Å². The maximum atomic E-state index is 15.1. The van der Waals surface area contributed by atoms with Crippen LogP contribution in [-0.4, -0.2) is 52.7 Å². The topological polar surface area (TPSA) is 68.7 Å². The minimum atomic E-state index is -0.795. The standard InChI is InChI=1S/C34H38F4N2O4/c1-5-27-20-43-29(19-40(27)33(42)44-34(2,3)4)10-11-30-23(17-39-18-32(30)38)14-28(41)16-31(21-6-8-24(35)9-7-21)22-12-25(36)15-26(37)13-22/h6-9,12-13,15,17-18,27,29,31H,5,10-11,14,16,19-20H2,1-4H3/t27-,29-,31+/m1/s1. The number of nitrogens with zero attached hydrogens (tertiary/aromatic N) is 2. The van der Waals surface area contributed by atoms with Crippen LogP contribution in [0, 0.1) is 23.3 Å². The fourth-order valence-corrected chi connectivity index (χ4v) is 5.47. The van der Waals surface area contributed by atoms with Gasteiger partial charge in [0.2, 0.25) is 0 Å². The summed E-state index contributed by atoms with van der Waals surface area (Å²) in [6.07, 6.45) is 2.73. The summed E-state index contributed by atoms with van der Waals surface area (Å²) in [6, 6.07) is 8.28. The van der Waals surface area contributed by atoms with Crippen LogP contribution in [-0.2, 0) is 27.1 Å². The zero-order valence-electron chi connectivity index (χ0n) is 25.4. The average Bonchev–Trinajstić information content (AvgIpc) is 2.94. The summed E-state index contributed by atoms with van der Waals surface area (Å²) < 4.78 is 68.5. The number of hydrogen-bond donors (Lipinski definition) is 0. The molecule has 4 rings (SSSR count). The van der Waals surface area contributed by atoms with Gasteiger partial charge in [0.1, 0.15) is 34.7 Å². The molecule has 1 aliphatic heterocycles. The predicted octanol–water partition coefficient (Wildman–Crippen LogP) is 7.32. The van der Waals surface area contributed by atoms with Crippen LogP contribution in [0.3, 0.4) is 0 Å². The average molecular weight is 615 g/mol. The second kappa shape index (κ2) is 14.3. The number of carbonyl (C=O) groups excluding carboxylic acids is 2. The molecule has 44 heavy (non-hydrogen) atoms. The second-order valence-electron chi connectivity index (χ2n) is 12.2. The van der Waals surface area contributed by atoms with E-state index in [0.29, 0.717) is 36.1 Å². The van der Waals surface area contributed by atoms with E-state index in [2.05, 4.69) is 4.98 Å². The number of benzene rings is 2. The van der Waals surface area contributed by atoms with Gasteiger partial charge in [-0.2, -0.15) is 0 Å². The van der Waals surface area contributed by atoms with Crippen LogP contribution in [0.5, 0.6) is 0 Å². The van der Waals surface area contributed by atoms with E-state index < -0.39 is 40.9 Å². The van der Waals surface area contributed by atoms with Crippen LogP contribution in [0.4, 0.5) is 22.4 Å². The first-order valence-corrected chi connectivity index (χ1v) is 14.8. The Kier molecular flexibility index (Phi) is 10.8. The number of Topliss-reactive ketones (excluding diaryl/α,β-unsaturated/α-hetero) is 1. The molecule has 10 heteroatoms. The van der Waals surface area contributed by atoms with Crippen molar-refractivity contribution in [1.82, 2.24) is 9.88 Å². The zero-order chi connectivity index (χ0) is 32.0. The molecule has 0 aliphatic carbocycles. The van der Waals surface area contributed by atoms with E-state index in [1.165, 1.54) is 30.5 Å². The third-order valence-electron chi connectivity index (χ3n) is 7.65. The first-order valence-electron chi connectivity index (χ1n) is 14.8. The third kappa shape index (κ3) is 8.87. The van der Waals surface area contributed by atoms with Crippen LogP contribution in [0.2, 0.25) is 0 Å². The molecule has 236 valence electrons. The van der Waals surface area contributed by atoms with Crippen molar-refractivity contribution in [2.24, 2.45) is 0 Å². The highest BCUT2D eigenvalue weighted by molar-refractivity contribution is 5.82. The molecule has 2 aromatic carbocycles. The number of hydrogen-bond acceptors (Lipinski definition) is 5. The molecule has 1 aliphatic rings. The first-order chi connectivity index (χ1) is 20.8. The van der Waals surface area contributed by atoms with Gasteiger partial charge < -0.3 is 14.4 Å². The van der Waals surface area contributed by atoms with Gasteiger partial charge in [-0.25, -0.2) is 22.4 Å². The van der Waals surface area contributed by atoms with Gasteiger partial charge in [-0.1, -0.05) is 19.1 Å². The maximum absolute atomic E-state index is 15.1. The van der Waals surface area contributed by atoms with Gasteiger partial charge in [0.25, 0.3) is 0 Å². The maximum Gasteiger partial charge on any atom is 0.410 e. The van der Waals surface area contributed by atoms with Gasteiger partial charge in [-0.15, -0.1) is 0 Å². The van der Waals surface area contributed by atoms with Gasteiger partial charge >= 0.3 is 6.09 Å². The third-order valence-corrected chi connectivity index (χ3v) is 7.65. The lowest BCUT2D eigenvalue weighted by atomic mass is 9.85. The van der Waals surface area contributed by atoms with E-state index in [-0.39, 0.29) is 49.3 Å². The van der Waals surface area contributed by atoms with E-state index in [0.717, 1.165) is 24.4 Å². The summed E-state index contributed by atoms with van der Waals surface area (Å²) in [5.74, 6) is -3.70. The highest BCUT2D eigenvalue weighted by Gasteiger charge is 2.34. The molecule has 1 saturated heterocycles. The van der Waals surface area contributed by atoms with Crippen molar-refractivity contribution in [3.8, 4) is 0 Å².